The van der Waals surface area contributed by atoms with E-state index in [1.54, 1.807) is 0 Å². The van der Waals surface area contributed by atoms with Gasteiger partial charge < -0.3 is 9.38 Å². The summed E-state index contributed by atoms with van der Waals surface area (Å²) in [6.45, 7) is 2.25. The van der Waals surface area contributed by atoms with E-state index in [1.165, 1.54) is 83.1 Å². The third-order valence-electron chi connectivity index (χ3n) is 11.1. The van der Waals surface area contributed by atoms with Crippen LogP contribution in [0.4, 0.5) is 17.1 Å². The van der Waals surface area contributed by atoms with Crippen LogP contribution in [0.15, 0.2) is 176 Å². The van der Waals surface area contributed by atoms with Crippen LogP contribution in [0.1, 0.15) is 5.56 Å². The highest BCUT2D eigenvalue weighted by Gasteiger charge is 2.43. The molecule has 0 amide bonds. The predicted octanol–water partition coefficient (Wildman–Crippen LogP) is 10.9. The summed E-state index contributed by atoms with van der Waals surface area (Å²) in [6, 6.07) is 62.2. The summed E-state index contributed by atoms with van der Waals surface area (Å²) in [5, 5.41) is 2.59. The topological polar surface area (TPSA) is 21.1 Å². The highest BCUT2D eigenvalue weighted by Crippen LogP contribution is 2.47. The molecule has 242 valence electrons. The summed E-state index contributed by atoms with van der Waals surface area (Å²) < 4.78 is 2.62. The fraction of sp³-hybridized carbons (Fsp3) is 0.0208. The van der Waals surface area contributed by atoms with Gasteiger partial charge in [-0.2, -0.15) is 0 Å². The maximum Gasteiger partial charge on any atom is 0.333 e. The van der Waals surface area contributed by atoms with Gasteiger partial charge in [-0.3, -0.25) is 4.98 Å². The summed E-state index contributed by atoms with van der Waals surface area (Å²) >= 11 is 0. The van der Waals surface area contributed by atoms with E-state index >= 15 is 0 Å². The largest absolute Gasteiger partial charge is 0.375 e. The second-order valence-corrected chi connectivity index (χ2v) is 14.0. The van der Waals surface area contributed by atoms with E-state index in [0.717, 1.165) is 16.9 Å². The lowest BCUT2D eigenvalue weighted by Gasteiger charge is -2.41. The van der Waals surface area contributed by atoms with Gasteiger partial charge in [-0.25, -0.2) is 0 Å². The molecule has 0 fully saturated rings. The van der Waals surface area contributed by atoms with Gasteiger partial charge in [-0.1, -0.05) is 121 Å². The molecule has 3 nitrogen and oxygen atoms in total. The first kappa shape index (κ1) is 29.1. The zero-order chi connectivity index (χ0) is 34.3. The van der Waals surface area contributed by atoms with Gasteiger partial charge in [-0.05, 0) is 105 Å². The summed E-state index contributed by atoms with van der Waals surface area (Å²) in [6.07, 6.45) is 1.89. The van der Waals surface area contributed by atoms with E-state index in [4.69, 9.17) is 4.98 Å². The lowest BCUT2D eigenvalue weighted by Crippen LogP contribution is -2.56. The first-order valence-electron chi connectivity index (χ1n) is 18.0. The van der Waals surface area contributed by atoms with Gasteiger partial charge in [0.1, 0.15) is 0 Å². The van der Waals surface area contributed by atoms with Crippen LogP contribution in [-0.4, -0.2) is 16.3 Å². The number of aromatic nitrogens is 2. The number of anilines is 3. The Balaban J connectivity index is 1.26. The minimum atomic E-state index is -0.0250. The van der Waals surface area contributed by atoms with Crippen molar-refractivity contribution in [2.45, 2.75) is 6.92 Å². The fourth-order valence-electron chi connectivity index (χ4n) is 8.91. The van der Waals surface area contributed by atoms with Gasteiger partial charge in [0.2, 0.25) is 0 Å². The molecule has 0 spiro atoms. The normalized spacial score (nSPS) is 12.6. The van der Waals surface area contributed by atoms with Crippen LogP contribution in [0.25, 0.3) is 66.4 Å². The van der Waals surface area contributed by atoms with Crippen molar-refractivity contribution >= 4 is 56.6 Å². The monoisotopic (exact) mass is 661 g/mol. The second kappa shape index (κ2) is 11.2. The Bertz CT molecular complexity index is 2800. The number of aryl methyl sites for hydroxylation is 1. The van der Waals surface area contributed by atoms with E-state index in [1.807, 2.05) is 12.3 Å². The van der Waals surface area contributed by atoms with Crippen LogP contribution >= 0.6 is 0 Å². The van der Waals surface area contributed by atoms with Crippen molar-refractivity contribution in [3.8, 4) is 44.6 Å². The molecule has 7 aromatic carbocycles. The average Bonchev–Trinajstić information content (AvgIpc) is 3.55. The molecule has 0 saturated heterocycles. The number of para-hydroxylation sites is 2. The number of pyridine rings is 1. The Labute approximate surface area is 303 Å². The fourth-order valence-corrected chi connectivity index (χ4v) is 8.91. The smallest absolute Gasteiger partial charge is 0.333 e. The molecule has 0 atom stereocenters. The molecule has 0 bridgehead atoms. The van der Waals surface area contributed by atoms with Crippen molar-refractivity contribution in [1.82, 2.24) is 9.46 Å². The Morgan fingerprint density at radius 3 is 1.96 bits per heavy atom. The summed E-state index contributed by atoms with van der Waals surface area (Å²) in [7, 11) is 0. The van der Waals surface area contributed by atoms with Crippen LogP contribution in [0.5, 0.6) is 0 Å². The minimum absolute atomic E-state index is 0.0250. The third-order valence-corrected chi connectivity index (χ3v) is 11.1. The molecular weight excluding hydrogens is 629 g/mol. The number of hydrogen-bond acceptors (Lipinski definition) is 2. The van der Waals surface area contributed by atoms with Crippen LogP contribution in [-0.2, 0) is 0 Å². The summed E-state index contributed by atoms with van der Waals surface area (Å²) in [4.78, 5) is 7.32. The Morgan fingerprint density at radius 2 is 1.21 bits per heavy atom. The van der Waals surface area contributed by atoms with Crippen molar-refractivity contribution in [3.63, 3.8) is 0 Å². The molecule has 0 saturated carbocycles. The quantitative estimate of drug-likeness (QED) is 0.175. The molecule has 0 N–H and O–H groups in total. The Hall–Kier alpha value is -6.65. The molecule has 52 heavy (non-hydrogen) atoms. The summed E-state index contributed by atoms with van der Waals surface area (Å²) in [5.74, 6) is 0. The molecule has 11 rings (SSSR count). The highest BCUT2D eigenvalue weighted by molar-refractivity contribution is 6.90. The van der Waals surface area contributed by atoms with Gasteiger partial charge in [-0.15, -0.1) is 0 Å². The van der Waals surface area contributed by atoms with E-state index in [2.05, 4.69) is 180 Å². The van der Waals surface area contributed by atoms with Crippen molar-refractivity contribution in [2.75, 3.05) is 4.90 Å². The SMILES string of the molecule is Cc1ccc2c3c1-c1cccc4c5ccccc5n(c14)B3c1cc(-c3ccccn3)ccc1N2c1cc(-c2ccccc2)cc(-c2ccccc2)c1. The van der Waals surface area contributed by atoms with E-state index in [9.17, 15) is 0 Å². The van der Waals surface area contributed by atoms with E-state index in [0.29, 0.717) is 0 Å². The molecule has 0 aliphatic carbocycles. The first-order chi connectivity index (χ1) is 25.7. The van der Waals surface area contributed by atoms with Gasteiger partial charge in [0.25, 0.3) is 0 Å². The van der Waals surface area contributed by atoms with Crippen LogP contribution in [0, 0.1) is 6.92 Å². The molecule has 4 heterocycles. The zero-order valence-corrected chi connectivity index (χ0v) is 28.7. The van der Waals surface area contributed by atoms with Crippen LogP contribution in [0.2, 0.25) is 0 Å². The van der Waals surface area contributed by atoms with Crippen molar-refractivity contribution in [3.05, 3.63) is 182 Å². The Morgan fingerprint density at radius 1 is 0.519 bits per heavy atom. The van der Waals surface area contributed by atoms with Gasteiger partial charge >= 0.3 is 6.85 Å². The van der Waals surface area contributed by atoms with Gasteiger partial charge in [0.15, 0.2) is 0 Å². The standard InChI is InChI=1S/C48H32BN3/c1-31-22-24-45-47-46(31)40-19-12-18-39-38-17-8-9-21-43(38)52(48(39)40)49(47)41-30-34(42-20-10-11-26-50-42)23-25-44(41)51(45)37-28-35(32-13-4-2-5-14-32)27-36(29-37)33-15-6-3-7-16-33/h2-30H,1H3. The maximum atomic E-state index is 4.80. The molecular formula is C48H32BN3. The van der Waals surface area contributed by atoms with Crippen molar-refractivity contribution in [2.24, 2.45) is 0 Å². The average molecular weight is 662 g/mol. The van der Waals surface area contributed by atoms with Crippen LogP contribution in [0.3, 0.4) is 0 Å². The second-order valence-electron chi connectivity index (χ2n) is 14.0. The first-order valence-corrected chi connectivity index (χ1v) is 18.0. The molecule has 4 heteroatoms. The number of fused-ring (bicyclic) bond motifs is 7. The molecule has 0 unspecified atom stereocenters. The summed E-state index contributed by atoms with van der Waals surface area (Å²) in [5.41, 5.74) is 19.5. The number of rotatable bonds is 4. The number of hydrogen-bond donors (Lipinski definition) is 0. The lowest BCUT2D eigenvalue weighted by molar-refractivity contribution is 1.24. The molecule has 2 aliphatic rings. The predicted molar refractivity (Wildman–Crippen MR) is 219 cm³/mol. The van der Waals surface area contributed by atoms with E-state index < -0.39 is 0 Å². The van der Waals surface area contributed by atoms with Gasteiger partial charge in [0.05, 0.1) is 5.69 Å². The molecule has 9 aromatic rings. The number of benzene rings is 7. The molecule has 2 aromatic heterocycles. The van der Waals surface area contributed by atoms with E-state index in [-0.39, 0.29) is 6.85 Å². The van der Waals surface area contributed by atoms with Crippen LogP contribution < -0.4 is 15.8 Å². The minimum Gasteiger partial charge on any atom is -0.375 e. The third kappa shape index (κ3) is 4.18. The van der Waals surface area contributed by atoms with Crippen molar-refractivity contribution in [1.29, 1.82) is 0 Å². The molecule has 0 radical (unpaired) electrons. The zero-order valence-electron chi connectivity index (χ0n) is 28.7. The highest BCUT2D eigenvalue weighted by atomic mass is 15.2. The van der Waals surface area contributed by atoms with Crippen molar-refractivity contribution < 1.29 is 0 Å². The van der Waals surface area contributed by atoms with Gasteiger partial charge in [0, 0.05) is 50.6 Å². The maximum absolute atomic E-state index is 4.80. The lowest BCUT2D eigenvalue weighted by atomic mass is 9.44. The number of nitrogens with zero attached hydrogens (tertiary/aromatic N) is 3. The Kier molecular flexibility index (Phi) is 6.26. The molecule has 2 aliphatic heterocycles.